The number of nitrogens with one attached hydrogen (secondary N) is 4. The lowest BCUT2D eigenvalue weighted by Gasteiger charge is -2.30. The van der Waals surface area contributed by atoms with E-state index in [4.69, 9.17) is 19.5 Å². The minimum atomic E-state index is -5.67. The molecule has 0 bridgehead atoms. The maximum absolute atomic E-state index is 14.3. The molecular weight excluding hydrogens is 1220 g/mol. The second-order valence-electron chi connectivity index (χ2n) is 19.9. The molecule has 2 aromatic heterocycles. The summed E-state index contributed by atoms with van der Waals surface area (Å²) in [5, 5.41) is 42.3. The van der Waals surface area contributed by atoms with Gasteiger partial charge in [-0.05, 0) is 35.6 Å². The quantitative estimate of drug-likeness (QED) is 0.0178. The number of aliphatic hydroxyl groups excluding tert-OH is 2. The first-order valence-electron chi connectivity index (χ1n) is 26.2. The number of carboxylic acid groups (broad SMARTS) is 1. The molecule has 468 valence electrons. The van der Waals surface area contributed by atoms with E-state index in [0.29, 0.717) is 34.6 Å². The van der Waals surface area contributed by atoms with Gasteiger partial charge in [0.15, 0.2) is 17.7 Å². The van der Waals surface area contributed by atoms with E-state index < -0.39 is 119 Å². The van der Waals surface area contributed by atoms with Gasteiger partial charge in [-0.2, -0.15) is 4.31 Å². The molecule has 5 amide bonds. The van der Waals surface area contributed by atoms with Gasteiger partial charge >= 0.3 is 35.3 Å². The number of amides is 5. The number of unbranched alkanes of at least 4 members (excludes halogenated alkanes) is 2. The summed E-state index contributed by atoms with van der Waals surface area (Å²) in [7, 11) is -16.7. The van der Waals surface area contributed by atoms with Crippen molar-refractivity contribution in [3.63, 3.8) is 0 Å². The standard InChI is InChI=1S/C50H65N10O22P3S/c1-5-6-11-19-53-44(65)33(58-28(2)61)23-29-16-17-35(31-13-8-7-12-30(29)31)60(34-15-10-9-14-32(34)48(68)69)46(67)49(70)86-22-21-52-37(62)18-20-54-45(66)41(64)50(3,4)25-79-85(76,77)82-84(74,75)78-24-36-40(81-83(71,72)73)39(63)47(80-36)59-27-57-38-42(51)55-26-56-43(38)59/h7-10,12-17,26-27,33,36,39-41,47,63-64H,5-6,11,18-25H2,1-4H3,(H,52,62)(H,53,65)(H,54,66)(H,58,61)(H,68,69)(H,74,75)(H,76,77)(H2,51,55,56)(H2,71,72,73). The van der Waals surface area contributed by atoms with Crippen molar-refractivity contribution in [3.8, 4) is 0 Å². The molecular formula is C50H65N10O22P3S. The topological polar surface area (TPSA) is 479 Å². The van der Waals surface area contributed by atoms with Gasteiger partial charge in [0.1, 0.15) is 42.3 Å². The molecule has 0 aliphatic carbocycles. The highest BCUT2D eigenvalue weighted by atomic mass is 32.2. The third kappa shape index (κ3) is 18.5. The molecule has 36 heteroatoms. The van der Waals surface area contributed by atoms with Crippen molar-refractivity contribution in [1.29, 1.82) is 0 Å². The van der Waals surface area contributed by atoms with E-state index in [1.54, 1.807) is 30.3 Å². The molecule has 0 spiro atoms. The SMILES string of the molecule is CCCCCNC(=O)C(Cc1ccc(N(C(=O)C(=O)SCCNC(=O)CCNC(=O)C(O)C(C)(C)COP(=O)(O)OP(=O)(O)OCC2OC(n3cnc4c(N)ncnc43)C(O)C2OP(=O)(O)O)c2ccccc2C(=O)O)c2ccccc12)NC(C)=O. The molecule has 8 unspecified atom stereocenters. The van der Waals surface area contributed by atoms with E-state index in [1.165, 1.54) is 51.1 Å². The largest absolute Gasteiger partial charge is 0.481 e. The lowest BCUT2D eigenvalue weighted by Crippen LogP contribution is -2.47. The summed E-state index contributed by atoms with van der Waals surface area (Å²) in [6, 6.07) is 14.5. The van der Waals surface area contributed by atoms with Crippen LogP contribution in [0.15, 0.2) is 73.3 Å². The summed E-state index contributed by atoms with van der Waals surface area (Å²) in [5.74, 6) is -5.33. The van der Waals surface area contributed by atoms with Crippen molar-refractivity contribution in [3.05, 3.63) is 84.4 Å². The van der Waals surface area contributed by atoms with Crippen molar-refractivity contribution in [1.82, 2.24) is 40.8 Å². The fourth-order valence-electron chi connectivity index (χ4n) is 8.73. The number of carbonyl (C=O) groups is 7. The fraction of sp³-hybridized carbons (Fsp3) is 0.440. The Bertz CT molecular complexity index is 3460. The lowest BCUT2D eigenvalue weighted by atomic mass is 9.87. The normalized spacial score (nSPS) is 18.3. The van der Waals surface area contributed by atoms with E-state index in [9.17, 15) is 82.2 Å². The van der Waals surface area contributed by atoms with Gasteiger partial charge < -0.3 is 66.6 Å². The maximum atomic E-state index is 14.3. The van der Waals surface area contributed by atoms with Crippen LogP contribution < -0.4 is 31.9 Å². The number of phosphoric ester groups is 3. The zero-order valence-corrected chi connectivity index (χ0v) is 50.0. The Labute approximate surface area is 494 Å². The highest BCUT2D eigenvalue weighted by molar-refractivity contribution is 8.15. The number of hydrogen-bond acceptors (Lipinski definition) is 22. The number of rotatable bonds is 30. The number of nitrogens with two attached hydrogens (primary N) is 1. The molecule has 1 aliphatic heterocycles. The van der Waals surface area contributed by atoms with E-state index in [-0.39, 0.29) is 65.6 Å². The number of nitrogen functional groups attached to an aromatic ring is 1. The van der Waals surface area contributed by atoms with Crippen molar-refractivity contribution in [2.24, 2.45) is 5.41 Å². The van der Waals surface area contributed by atoms with Gasteiger partial charge in [0.05, 0.1) is 36.5 Å². The summed E-state index contributed by atoms with van der Waals surface area (Å²) < 4.78 is 62.8. The molecule has 0 radical (unpaired) electrons. The average molecular weight is 1280 g/mol. The predicted octanol–water partition coefficient (Wildman–Crippen LogP) is 2.23. The number of aliphatic hydroxyl groups is 2. The highest BCUT2D eigenvalue weighted by Gasteiger charge is 2.50. The number of imidazole rings is 1. The van der Waals surface area contributed by atoms with Crippen LogP contribution in [0.3, 0.4) is 0 Å². The van der Waals surface area contributed by atoms with Gasteiger partial charge in [-0.3, -0.25) is 51.8 Å². The first-order valence-corrected chi connectivity index (χ1v) is 31.7. The van der Waals surface area contributed by atoms with Crippen LogP contribution in [0.4, 0.5) is 17.2 Å². The van der Waals surface area contributed by atoms with Crippen LogP contribution in [-0.4, -0.2) is 164 Å². The molecule has 3 heterocycles. The highest BCUT2D eigenvalue weighted by Crippen LogP contribution is 2.61. The van der Waals surface area contributed by atoms with Crippen LogP contribution in [0.5, 0.6) is 0 Å². The Morgan fingerprint density at radius 1 is 0.849 bits per heavy atom. The Morgan fingerprint density at radius 3 is 2.21 bits per heavy atom. The van der Waals surface area contributed by atoms with Gasteiger partial charge in [-0.1, -0.05) is 87.8 Å². The van der Waals surface area contributed by atoms with Crippen LogP contribution in [0.1, 0.15) is 75.5 Å². The number of hydrogen-bond donors (Lipinski definition) is 12. The summed E-state index contributed by atoms with van der Waals surface area (Å²) >= 11 is 0.522. The number of aromatic nitrogens is 4. The molecule has 0 saturated carbocycles. The predicted molar refractivity (Wildman–Crippen MR) is 305 cm³/mol. The Hall–Kier alpha value is -6.64. The monoisotopic (exact) mass is 1280 g/mol. The summed E-state index contributed by atoms with van der Waals surface area (Å²) in [6.07, 6.45) is -4.88. The molecule has 13 N–H and O–H groups in total. The van der Waals surface area contributed by atoms with Crippen LogP contribution >= 0.6 is 35.2 Å². The Morgan fingerprint density at radius 2 is 1.52 bits per heavy atom. The zero-order valence-electron chi connectivity index (χ0n) is 46.5. The van der Waals surface area contributed by atoms with Crippen molar-refractivity contribution in [2.75, 3.05) is 49.2 Å². The van der Waals surface area contributed by atoms with Crippen LogP contribution in [0, 0.1) is 5.41 Å². The first kappa shape index (κ1) is 68.5. The second kappa shape index (κ2) is 29.8. The molecule has 6 rings (SSSR count). The number of nitrogens with zero attached hydrogens (tertiary/aromatic N) is 5. The first-order chi connectivity index (χ1) is 40.4. The number of carboxylic acids is 1. The van der Waals surface area contributed by atoms with E-state index >= 15 is 0 Å². The van der Waals surface area contributed by atoms with Crippen molar-refractivity contribution < 1.29 is 105 Å². The second-order valence-corrected chi connectivity index (χ2v) is 25.2. The Balaban J connectivity index is 0.992. The van der Waals surface area contributed by atoms with E-state index in [2.05, 4.69) is 45.1 Å². The molecule has 1 saturated heterocycles. The molecule has 1 aliphatic rings. The minimum absolute atomic E-state index is 0.00145. The smallest absolute Gasteiger partial charge is 0.478 e. The van der Waals surface area contributed by atoms with Crippen LogP contribution in [0.2, 0.25) is 0 Å². The van der Waals surface area contributed by atoms with E-state index in [1.807, 2.05) is 6.92 Å². The van der Waals surface area contributed by atoms with Crippen molar-refractivity contribution >= 4 is 115 Å². The molecule has 1 fully saturated rings. The summed E-state index contributed by atoms with van der Waals surface area (Å²) in [5.41, 5.74) is 4.39. The number of ether oxygens (including phenoxy) is 1. The molecule has 32 nitrogen and oxygen atoms in total. The van der Waals surface area contributed by atoms with Crippen molar-refractivity contribution in [2.45, 2.75) is 96.5 Å². The molecule has 8 atom stereocenters. The van der Waals surface area contributed by atoms with Gasteiger partial charge in [-0.25, -0.2) is 33.4 Å². The number of phosphoric acid groups is 3. The summed E-state index contributed by atoms with van der Waals surface area (Å²) in [6.45, 7) is 3.40. The van der Waals surface area contributed by atoms with Crippen LogP contribution in [-0.2, 0) is 71.5 Å². The van der Waals surface area contributed by atoms with Gasteiger partial charge in [0, 0.05) is 56.0 Å². The third-order valence-corrected chi connectivity index (χ3v) is 16.9. The number of anilines is 3. The minimum Gasteiger partial charge on any atom is -0.478 e. The molecule has 5 aromatic rings. The van der Waals surface area contributed by atoms with Crippen LogP contribution in [0.25, 0.3) is 21.9 Å². The number of carbonyl (C=O) groups excluding carboxylic acids is 6. The molecule has 86 heavy (non-hydrogen) atoms. The number of fused-ring (bicyclic) bond motifs is 2. The number of para-hydroxylation sites is 1. The fourth-order valence-corrected chi connectivity index (χ4v) is 12.2. The number of aromatic carboxylic acids is 1. The van der Waals surface area contributed by atoms with Gasteiger partial charge in [-0.15, -0.1) is 0 Å². The third-order valence-electron chi connectivity index (χ3n) is 12.9. The van der Waals surface area contributed by atoms with Gasteiger partial charge in [0.2, 0.25) is 23.6 Å². The maximum Gasteiger partial charge on any atom is 0.481 e. The van der Waals surface area contributed by atoms with E-state index in [0.717, 1.165) is 41.4 Å². The number of benzene rings is 3. The lowest BCUT2D eigenvalue weighted by molar-refractivity contribution is -0.137. The average Bonchev–Trinajstić information content (AvgIpc) is 1.42. The van der Waals surface area contributed by atoms with Gasteiger partial charge in [0.25, 0.3) is 5.12 Å². The Kier molecular flexibility index (Phi) is 23.8. The summed E-state index contributed by atoms with van der Waals surface area (Å²) in [4.78, 5) is 144. The number of thioether (sulfide) groups is 1. The zero-order chi connectivity index (χ0) is 63.3. The molecule has 3 aromatic carbocycles.